The van der Waals surface area contributed by atoms with Gasteiger partial charge in [-0.3, -0.25) is 9.78 Å². The van der Waals surface area contributed by atoms with E-state index in [0.29, 0.717) is 23.4 Å². The number of hydrogen-bond donors (Lipinski definition) is 1. The lowest BCUT2D eigenvalue weighted by atomic mass is 9.76. The van der Waals surface area contributed by atoms with Crippen molar-refractivity contribution in [1.29, 1.82) is 0 Å². The van der Waals surface area contributed by atoms with Gasteiger partial charge in [0.1, 0.15) is 11.5 Å². The van der Waals surface area contributed by atoms with Gasteiger partial charge in [-0.1, -0.05) is 43.9 Å². The molecule has 0 spiro atoms. The molecule has 2 saturated carbocycles. The molecule has 1 heterocycles. The van der Waals surface area contributed by atoms with Gasteiger partial charge < -0.3 is 5.11 Å². The van der Waals surface area contributed by atoms with Crippen molar-refractivity contribution in [2.24, 2.45) is 23.7 Å². The summed E-state index contributed by atoms with van der Waals surface area (Å²) in [4.78, 5) is 17.2. The van der Waals surface area contributed by atoms with E-state index in [2.05, 4.69) is 17.1 Å². The highest BCUT2D eigenvalue weighted by atomic mass is 16.3. The molecule has 3 nitrogen and oxygen atoms in total. The van der Waals surface area contributed by atoms with Crippen LogP contribution in [0.5, 0.6) is 5.75 Å². The lowest BCUT2D eigenvalue weighted by Gasteiger charge is -2.28. The van der Waals surface area contributed by atoms with Crippen LogP contribution < -0.4 is 0 Å². The summed E-state index contributed by atoms with van der Waals surface area (Å²) in [7, 11) is 0. The van der Waals surface area contributed by atoms with Gasteiger partial charge in [0.25, 0.3) is 0 Å². The molecule has 1 N–H and O–H groups in total. The van der Waals surface area contributed by atoms with E-state index in [1.165, 1.54) is 50.5 Å². The summed E-state index contributed by atoms with van der Waals surface area (Å²) >= 11 is 0. The number of para-hydroxylation sites is 1. The fraction of sp³-hybridized carbons (Fsp3) is 0.586. The summed E-state index contributed by atoms with van der Waals surface area (Å²) in [5.74, 6) is 3.34. The molecule has 0 saturated heterocycles. The Labute approximate surface area is 193 Å². The highest BCUT2D eigenvalue weighted by Gasteiger charge is 2.29. The highest BCUT2D eigenvalue weighted by Crippen LogP contribution is 2.36. The Morgan fingerprint density at radius 2 is 1.53 bits per heavy atom. The summed E-state index contributed by atoms with van der Waals surface area (Å²) < 4.78 is 0. The molecule has 1 unspecified atom stereocenters. The molecule has 2 aliphatic carbocycles. The van der Waals surface area contributed by atoms with Gasteiger partial charge in [-0.05, 0) is 98.4 Å². The Kier molecular flexibility index (Phi) is 8.36. The number of carbonyl (C=O) groups excluding carboxylic acids is 1. The van der Waals surface area contributed by atoms with Crippen molar-refractivity contribution in [3.05, 3.63) is 59.9 Å². The lowest BCUT2D eigenvalue weighted by Crippen LogP contribution is -2.24. The number of nitrogens with zero attached hydrogens (tertiary/aromatic N) is 1. The smallest absolute Gasteiger partial charge is 0.136 e. The average molecular weight is 434 g/mol. The molecule has 0 aliphatic heterocycles. The summed E-state index contributed by atoms with van der Waals surface area (Å²) in [6.07, 6.45) is 18.6. The van der Waals surface area contributed by atoms with Crippen LogP contribution in [0.1, 0.15) is 81.8 Å². The number of pyridine rings is 1. The SMILES string of the molecule is O=C(CC1CCC[C@@H](CCc2ccccc2O)CC1)C1CCC(Cc2ccncc2)CC1. The van der Waals surface area contributed by atoms with Crippen molar-refractivity contribution >= 4 is 5.78 Å². The molecule has 2 atom stereocenters. The molecule has 4 rings (SSSR count). The van der Waals surface area contributed by atoms with Crippen LogP contribution in [-0.2, 0) is 17.6 Å². The average Bonchev–Trinajstić information content (AvgIpc) is 3.05. The second-order valence-electron chi connectivity index (χ2n) is 10.4. The molecule has 1 aromatic heterocycles. The predicted molar refractivity (Wildman–Crippen MR) is 130 cm³/mol. The maximum atomic E-state index is 13.0. The van der Waals surface area contributed by atoms with Gasteiger partial charge in [0.05, 0.1) is 0 Å². The fourth-order valence-corrected chi connectivity index (χ4v) is 6.02. The zero-order valence-electron chi connectivity index (χ0n) is 19.4. The van der Waals surface area contributed by atoms with Gasteiger partial charge in [0.2, 0.25) is 0 Å². The zero-order valence-corrected chi connectivity index (χ0v) is 19.4. The van der Waals surface area contributed by atoms with Gasteiger partial charge in [-0.25, -0.2) is 0 Å². The third kappa shape index (κ3) is 6.67. The number of aryl methyl sites for hydroxylation is 1. The molecule has 2 aromatic rings. The number of aromatic nitrogens is 1. The van der Waals surface area contributed by atoms with Crippen LogP contribution in [0.2, 0.25) is 0 Å². The van der Waals surface area contributed by atoms with Gasteiger partial charge in [0, 0.05) is 24.7 Å². The summed E-state index contributed by atoms with van der Waals surface area (Å²) in [5, 5.41) is 10.0. The van der Waals surface area contributed by atoms with Crippen molar-refractivity contribution in [2.75, 3.05) is 0 Å². The first-order valence-corrected chi connectivity index (χ1v) is 12.9. The minimum absolute atomic E-state index is 0.309. The molecule has 0 radical (unpaired) electrons. The van der Waals surface area contributed by atoms with Crippen LogP contribution in [0.3, 0.4) is 0 Å². The Morgan fingerprint density at radius 1 is 0.844 bits per heavy atom. The van der Waals surface area contributed by atoms with Crippen LogP contribution in [0.25, 0.3) is 0 Å². The number of phenols is 1. The van der Waals surface area contributed by atoms with Gasteiger partial charge in [-0.2, -0.15) is 0 Å². The first-order chi connectivity index (χ1) is 15.7. The second kappa shape index (κ2) is 11.6. The van der Waals surface area contributed by atoms with E-state index < -0.39 is 0 Å². The summed E-state index contributed by atoms with van der Waals surface area (Å²) in [5.41, 5.74) is 2.45. The van der Waals surface area contributed by atoms with E-state index in [1.807, 2.05) is 30.6 Å². The Bertz CT molecular complexity index is 841. The Balaban J connectivity index is 1.17. The number of phenolic OH excluding ortho intramolecular Hbond substituents is 1. The highest BCUT2D eigenvalue weighted by molar-refractivity contribution is 5.81. The predicted octanol–water partition coefficient (Wildman–Crippen LogP) is 6.92. The van der Waals surface area contributed by atoms with E-state index in [-0.39, 0.29) is 0 Å². The van der Waals surface area contributed by atoms with Crippen LogP contribution >= 0.6 is 0 Å². The summed E-state index contributed by atoms with van der Waals surface area (Å²) in [6, 6.07) is 12.0. The number of carbonyl (C=O) groups is 1. The van der Waals surface area contributed by atoms with Crippen molar-refractivity contribution in [2.45, 2.75) is 83.5 Å². The number of aromatic hydroxyl groups is 1. The maximum Gasteiger partial charge on any atom is 0.136 e. The molecular weight excluding hydrogens is 394 g/mol. The van der Waals surface area contributed by atoms with Crippen molar-refractivity contribution in [3.8, 4) is 5.75 Å². The molecule has 1 aromatic carbocycles. The van der Waals surface area contributed by atoms with Crippen LogP contribution in [0, 0.1) is 23.7 Å². The van der Waals surface area contributed by atoms with E-state index in [1.54, 1.807) is 6.07 Å². The fourth-order valence-electron chi connectivity index (χ4n) is 6.02. The number of benzene rings is 1. The largest absolute Gasteiger partial charge is 0.508 e. The third-order valence-corrected chi connectivity index (χ3v) is 8.09. The van der Waals surface area contributed by atoms with Crippen molar-refractivity contribution in [1.82, 2.24) is 4.98 Å². The van der Waals surface area contributed by atoms with Crippen LogP contribution in [0.15, 0.2) is 48.8 Å². The molecule has 0 bridgehead atoms. The molecule has 2 fully saturated rings. The quantitative estimate of drug-likeness (QED) is 0.459. The van der Waals surface area contributed by atoms with E-state index >= 15 is 0 Å². The minimum Gasteiger partial charge on any atom is -0.508 e. The summed E-state index contributed by atoms with van der Waals surface area (Å²) in [6.45, 7) is 0. The molecule has 3 heteroatoms. The number of ketones is 1. The standard InChI is InChI=1S/C29H39NO2/c31-28-7-2-1-6-26(28)13-10-22-4-3-5-23(9-8-22)21-29(32)27-14-11-24(12-15-27)20-25-16-18-30-19-17-25/h1-2,6-7,16-19,22-24,27,31H,3-5,8-15,20-21H2/t22-,23?,24?,27?/m1/s1. The normalized spacial score (nSPS) is 26.4. The van der Waals surface area contributed by atoms with E-state index in [4.69, 9.17) is 0 Å². The van der Waals surface area contributed by atoms with Gasteiger partial charge in [-0.15, -0.1) is 0 Å². The topological polar surface area (TPSA) is 50.2 Å². The zero-order chi connectivity index (χ0) is 22.2. The van der Waals surface area contributed by atoms with Crippen LogP contribution in [-0.4, -0.2) is 15.9 Å². The monoisotopic (exact) mass is 433 g/mol. The first-order valence-electron chi connectivity index (χ1n) is 12.9. The Morgan fingerprint density at radius 3 is 2.31 bits per heavy atom. The second-order valence-corrected chi connectivity index (χ2v) is 10.4. The Hall–Kier alpha value is -2.16. The maximum absolute atomic E-state index is 13.0. The molecule has 172 valence electrons. The minimum atomic E-state index is 0.309. The molecular formula is C29H39NO2. The van der Waals surface area contributed by atoms with Gasteiger partial charge in [0.15, 0.2) is 0 Å². The molecule has 0 amide bonds. The van der Waals surface area contributed by atoms with Crippen molar-refractivity contribution < 1.29 is 9.90 Å². The number of hydrogen-bond acceptors (Lipinski definition) is 3. The van der Waals surface area contributed by atoms with Crippen molar-refractivity contribution in [3.63, 3.8) is 0 Å². The lowest BCUT2D eigenvalue weighted by molar-refractivity contribution is -0.125. The van der Waals surface area contributed by atoms with Gasteiger partial charge >= 0.3 is 0 Å². The number of rotatable bonds is 8. The molecule has 32 heavy (non-hydrogen) atoms. The van der Waals surface area contributed by atoms with E-state index in [9.17, 15) is 9.90 Å². The first kappa shape index (κ1) is 23.0. The number of Topliss-reactive ketones (excluding diaryl/α,β-unsaturated/α-hetero) is 1. The van der Waals surface area contributed by atoms with Crippen LogP contribution in [0.4, 0.5) is 0 Å². The third-order valence-electron chi connectivity index (χ3n) is 8.09. The van der Waals surface area contributed by atoms with E-state index in [0.717, 1.165) is 55.9 Å². The molecule has 2 aliphatic rings.